The fourth-order valence-corrected chi connectivity index (χ4v) is 1.31. The molecule has 0 amide bonds. The van der Waals surface area contributed by atoms with E-state index < -0.39 is 0 Å². The molecule has 0 spiro atoms. The molecule has 0 aliphatic rings. The van der Waals surface area contributed by atoms with Crippen LogP contribution < -0.4 is 5.73 Å². The highest BCUT2D eigenvalue weighted by Gasteiger charge is 1.97. The summed E-state index contributed by atoms with van der Waals surface area (Å²) in [6.07, 6.45) is 1.69. The van der Waals surface area contributed by atoms with Crippen LogP contribution in [-0.2, 0) is 0 Å². The summed E-state index contributed by atoms with van der Waals surface area (Å²) in [6.45, 7) is 0. The largest absolute Gasteiger partial charge is 0.398 e. The van der Waals surface area contributed by atoms with E-state index in [-0.39, 0.29) is 0 Å². The van der Waals surface area contributed by atoms with E-state index in [1.54, 1.807) is 24.4 Å². The van der Waals surface area contributed by atoms with E-state index in [9.17, 15) is 0 Å². The zero-order valence-corrected chi connectivity index (χ0v) is 9.01. The van der Waals surface area contributed by atoms with Gasteiger partial charge in [-0.15, -0.1) is 0 Å². The average Bonchev–Trinajstić information content (AvgIpc) is 2.38. The van der Waals surface area contributed by atoms with E-state index in [1.165, 1.54) is 0 Å². The molecule has 2 rings (SSSR count). The van der Waals surface area contributed by atoms with Crippen LogP contribution in [0.1, 0.15) is 16.8 Å². The lowest BCUT2D eigenvalue weighted by Gasteiger charge is -1.97. The molecule has 3 heteroatoms. The van der Waals surface area contributed by atoms with Gasteiger partial charge in [0.05, 0.1) is 11.6 Å². The molecule has 0 fully saturated rings. The SMILES string of the molecule is N#Cc1ccc(C#Cc2ccccn2)c(N)c1. The monoisotopic (exact) mass is 219 g/mol. The van der Waals surface area contributed by atoms with Crippen LogP contribution in [0.2, 0.25) is 0 Å². The first-order valence-corrected chi connectivity index (χ1v) is 5.02. The van der Waals surface area contributed by atoms with Crippen LogP contribution in [0.5, 0.6) is 0 Å². The van der Waals surface area contributed by atoms with Crippen molar-refractivity contribution in [3.63, 3.8) is 0 Å². The quantitative estimate of drug-likeness (QED) is 0.544. The predicted octanol–water partition coefficient (Wildman–Crippen LogP) is 1.94. The van der Waals surface area contributed by atoms with Crippen LogP contribution >= 0.6 is 0 Å². The van der Waals surface area contributed by atoms with Crippen molar-refractivity contribution in [2.75, 3.05) is 5.73 Å². The molecule has 0 saturated heterocycles. The fraction of sp³-hybridized carbons (Fsp3) is 0. The van der Waals surface area contributed by atoms with Gasteiger partial charge in [-0.2, -0.15) is 5.26 Å². The Morgan fingerprint density at radius 3 is 2.65 bits per heavy atom. The number of benzene rings is 1. The summed E-state index contributed by atoms with van der Waals surface area (Å²) in [6, 6.07) is 12.6. The second kappa shape index (κ2) is 4.83. The fourth-order valence-electron chi connectivity index (χ4n) is 1.31. The van der Waals surface area contributed by atoms with Gasteiger partial charge >= 0.3 is 0 Å². The van der Waals surface area contributed by atoms with Gasteiger partial charge in [-0.3, -0.25) is 0 Å². The molecule has 80 valence electrons. The van der Waals surface area contributed by atoms with E-state index in [1.807, 2.05) is 24.3 Å². The van der Waals surface area contributed by atoms with Crippen LogP contribution in [0.15, 0.2) is 42.6 Å². The van der Waals surface area contributed by atoms with E-state index >= 15 is 0 Å². The van der Waals surface area contributed by atoms with Gasteiger partial charge in [0, 0.05) is 17.4 Å². The van der Waals surface area contributed by atoms with E-state index in [4.69, 9.17) is 11.0 Å². The number of aromatic nitrogens is 1. The molecule has 2 aromatic rings. The summed E-state index contributed by atoms with van der Waals surface area (Å²) in [5, 5.41) is 8.71. The van der Waals surface area contributed by atoms with E-state index in [0.717, 1.165) is 0 Å². The summed E-state index contributed by atoms with van der Waals surface area (Å²) in [5.74, 6) is 5.85. The second-order valence-corrected chi connectivity index (χ2v) is 3.38. The van der Waals surface area contributed by atoms with Crippen LogP contribution in [0.25, 0.3) is 0 Å². The first-order chi connectivity index (χ1) is 8.29. The second-order valence-electron chi connectivity index (χ2n) is 3.38. The van der Waals surface area contributed by atoms with E-state index in [2.05, 4.69) is 16.8 Å². The van der Waals surface area contributed by atoms with Crippen molar-refractivity contribution >= 4 is 5.69 Å². The molecular weight excluding hydrogens is 210 g/mol. The number of pyridine rings is 1. The highest BCUT2D eigenvalue weighted by atomic mass is 14.6. The molecule has 2 N–H and O–H groups in total. The van der Waals surface area contributed by atoms with Gasteiger partial charge in [-0.25, -0.2) is 4.98 Å². The van der Waals surface area contributed by atoms with Gasteiger partial charge in [-0.1, -0.05) is 12.0 Å². The van der Waals surface area contributed by atoms with Gasteiger partial charge in [0.2, 0.25) is 0 Å². The number of rotatable bonds is 0. The van der Waals surface area contributed by atoms with Crippen LogP contribution in [0.3, 0.4) is 0 Å². The molecule has 0 bridgehead atoms. The average molecular weight is 219 g/mol. The molecule has 0 saturated carbocycles. The van der Waals surface area contributed by atoms with Gasteiger partial charge in [0.1, 0.15) is 5.69 Å². The number of anilines is 1. The minimum absolute atomic E-state index is 0.507. The molecule has 1 heterocycles. The lowest BCUT2D eigenvalue weighted by atomic mass is 10.1. The Morgan fingerprint density at radius 2 is 2.00 bits per heavy atom. The third kappa shape index (κ3) is 2.62. The number of hydrogen-bond donors (Lipinski definition) is 1. The molecule has 0 aliphatic heterocycles. The maximum atomic E-state index is 8.71. The minimum Gasteiger partial charge on any atom is -0.398 e. The molecule has 0 aliphatic carbocycles. The highest BCUT2D eigenvalue weighted by molar-refractivity contribution is 5.59. The highest BCUT2D eigenvalue weighted by Crippen LogP contribution is 2.12. The van der Waals surface area contributed by atoms with Crippen molar-refractivity contribution in [3.05, 3.63) is 59.4 Å². The third-order valence-corrected chi connectivity index (χ3v) is 2.17. The predicted molar refractivity (Wildman–Crippen MR) is 65.8 cm³/mol. The molecule has 0 radical (unpaired) electrons. The first kappa shape index (κ1) is 10.7. The Morgan fingerprint density at radius 1 is 1.12 bits per heavy atom. The molecule has 17 heavy (non-hydrogen) atoms. The lowest BCUT2D eigenvalue weighted by molar-refractivity contribution is 1.29. The maximum absolute atomic E-state index is 8.71. The smallest absolute Gasteiger partial charge is 0.113 e. The Labute approximate surface area is 99.5 Å². The van der Waals surface area contributed by atoms with Gasteiger partial charge < -0.3 is 5.73 Å². The van der Waals surface area contributed by atoms with Gasteiger partial charge in [0.15, 0.2) is 0 Å². The Balaban J connectivity index is 2.32. The number of nitrogens with two attached hydrogens (primary N) is 1. The van der Waals surface area contributed by atoms with Crippen LogP contribution in [0.4, 0.5) is 5.69 Å². The minimum atomic E-state index is 0.507. The molecule has 0 atom stereocenters. The van der Waals surface area contributed by atoms with Crippen molar-refractivity contribution < 1.29 is 0 Å². The molecule has 1 aromatic carbocycles. The number of nitrogens with zero attached hydrogens (tertiary/aromatic N) is 2. The zero-order chi connectivity index (χ0) is 12.1. The van der Waals surface area contributed by atoms with Crippen molar-refractivity contribution in [2.24, 2.45) is 0 Å². The van der Waals surface area contributed by atoms with Gasteiger partial charge in [0.25, 0.3) is 0 Å². The standard InChI is InChI=1S/C14H9N3/c15-10-11-4-5-12(14(16)9-11)6-7-13-3-1-2-8-17-13/h1-5,8-9H,16H2. The molecule has 3 nitrogen and oxygen atoms in total. The van der Waals surface area contributed by atoms with Crippen molar-refractivity contribution in [3.8, 4) is 17.9 Å². The van der Waals surface area contributed by atoms with E-state index in [0.29, 0.717) is 22.5 Å². The Bertz CT molecular complexity index is 628. The Kier molecular flexibility index (Phi) is 3.05. The summed E-state index contributed by atoms with van der Waals surface area (Å²) in [7, 11) is 0. The number of nitrogen functional groups attached to an aromatic ring is 1. The first-order valence-electron chi connectivity index (χ1n) is 5.02. The topological polar surface area (TPSA) is 62.7 Å². The van der Waals surface area contributed by atoms with Crippen LogP contribution in [0, 0.1) is 23.2 Å². The van der Waals surface area contributed by atoms with Gasteiger partial charge in [-0.05, 0) is 36.3 Å². The van der Waals surface area contributed by atoms with Crippen molar-refractivity contribution in [1.82, 2.24) is 4.98 Å². The Hall–Kier alpha value is -2.78. The summed E-state index contributed by atoms with van der Waals surface area (Å²) in [5.41, 5.74) is 8.22. The third-order valence-electron chi connectivity index (χ3n) is 2.17. The normalized spacial score (nSPS) is 8.88. The van der Waals surface area contributed by atoms with Crippen LogP contribution in [-0.4, -0.2) is 4.98 Å². The number of hydrogen-bond acceptors (Lipinski definition) is 3. The van der Waals surface area contributed by atoms with Crippen molar-refractivity contribution in [2.45, 2.75) is 0 Å². The zero-order valence-electron chi connectivity index (χ0n) is 9.01. The summed E-state index contributed by atoms with van der Waals surface area (Å²) in [4.78, 5) is 4.09. The lowest BCUT2D eigenvalue weighted by Crippen LogP contribution is -1.91. The number of nitriles is 1. The molecule has 1 aromatic heterocycles. The maximum Gasteiger partial charge on any atom is 0.113 e. The molecular formula is C14H9N3. The molecule has 0 unspecified atom stereocenters. The van der Waals surface area contributed by atoms with Crippen molar-refractivity contribution in [1.29, 1.82) is 5.26 Å². The summed E-state index contributed by atoms with van der Waals surface area (Å²) >= 11 is 0. The summed E-state index contributed by atoms with van der Waals surface area (Å²) < 4.78 is 0.